The fraction of sp³-hybridized carbons (Fsp3) is 0.111. The molecule has 0 aromatic heterocycles. The molecule has 0 radical (unpaired) electrons. The number of rotatable bonds is 4. The summed E-state index contributed by atoms with van der Waals surface area (Å²) in [5, 5.41) is 12.7. The van der Waals surface area contributed by atoms with E-state index >= 15 is 0 Å². The summed E-state index contributed by atoms with van der Waals surface area (Å²) in [5.74, 6) is -1.09. The first kappa shape index (κ1) is 11.8. The normalized spacial score (nSPS) is 10.5. The Kier molecular flexibility index (Phi) is 4.39. The van der Waals surface area contributed by atoms with Crippen LogP contribution < -0.4 is 0 Å². The summed E-state index contributed by atoms with van der Waals surface area (Å²) < 4.78 is 0. The maximum atomic E-state index is 10.1. The van der Waals surface area contributed by atoms with Crippen molar-refractivity contribution in [3.63, 3.8) is 0 Å². The second-order valence-electron chi connectivity index (χ2n) is 2.57. The van der Waals surface area contributed by atoms with Gasteiger partial charge in [0.05, 0.1) is 6.21 Å². The summed E-state index contributed by atoms with van der Waals surface area (Å²) >= 11 is 11.5. The predicted octanol–water partition coefficient (Wildman–Crippen LogP) is 2.43. The molecule has 0 aliphatic rings. The summed E-state index contributed by atoms with van der Waals surface area (Å²) in [7, 11) is 0. The average Bonchev–Trinajstić information content (AvgIpc) is 2.17. The molecule has 0 fully saturated rings. The summed E-state index contributed by atoms with van der Waals surface area (Å²) in [6.45, 7) is -0.491. The number of benzene rings is 1. The van der Waals surface area contributed by atoms with E-state index in [1.165, 1.54) is 6.21 Å². The first-order chi connectivity index (χ1) is 7.09. The SMILES string of the molecule is O=C(O)CON=Cc1cc(Cl)ccc1Cl. The number of carboxylic acid groups (broad SMARTS) is 1. The molecule has 0 unspecified atom stereocenters. The van der Waals surface area contributed by atoms with Crippen LogP contribution in [0.15, 0.2) is 23.4 Å². The minimum atomic E-state index is -1.09. The molecule has 1 aromatic rings. The second kappa shape index (κ2) is 5.58. The Morgan fingerprint density at radius 2 is 2.27 bits per heavy atom. The average molecular weight is 248 g/mol. The van der Waals surface area contributed by atoms with Gasteiger partial charge >= 0.3 is 5.97 Å². The molecule has 0 aliphatic carbocycles. The van der Waals surface area contributed by atoms with Gasteiger partial charge in [0.25, 0.3) is 0 Å². The number of halogens is 2. The van der Waals surface area contributed by atoms with Crippen molar-refractivity contribution in [2.45, 2.75) is 0 Å². The van der Waals surface area contributed by atoms with E-state index in [9.17, 15) is 4.79 Å². The van der Waals surface area contributed by atoms with Crippen LogP contribution in [-0.4, -0.2) is 23.9 Å². The zero-order valence-electron chi connectivity index (χ0n) is 7.48. The molecule has 1 aromatic carbocycles. The van der Waals surface area contributed by atoms with Crippen molar-refractivity contribution < 1.29 is 14.7 Å². The number of carboxylic acids is 1. The fourth-order valence-corrected chi connectivity index (χ4v) is 1.15. The highest BCUT2D eigenvalue weighted by molar-refractivity contribution is 6.35. The number of hydrogen-bond acceptors (Lipinski definition) is 3. The van der Waals surface area contributed by atoms with Crippen LogP contribution in [0.1, 0.15) is 5.56 Å². The van der Waals surface area contributed by atoms with Crippen LogP contribution in [0.4, 0.5) is 0 Å². The maximum absolute atomic E-state index is 10.1. The van der Waals surface area contributed by atoms with Gasteiger partial charge in [-0.15, -0.1) is 0 Å². The third-order valence-corrected chi connectivity index (χ3v) is 1.99. The van der Waals surface area contributed by atoms with Crippen molar-refractivity contribution in [1.82, 2.24) is 0 Å². The third kappa shape index (κ3) is 4.18. The quantitative estimate of drug-likeness (QED) is 0.657. The molecule has 1 rings (SSSR count). The summed E-state index contributed by atoms with van der Waals surface area (Å²) in [5.41, 5.74) is 0.564. The molecule has 1 N–H and O–H groups in total. The molecule has 0 spiro atoms. The third-order valence-electron chi connectivity index (χ3n) is 1.41. The lowest BCUT2D eigenvalue weighted by Gasteiger charge is -1.98. The first-order valence-electron chi connectivity index (χ1n) is 3.92. The van der Waals surface area contributed by atoms with E-state index in [2.05, 4.69) is 9.99 Å². The van der Waals surface area contributed by atoms with E-state index in [4.69, 9.17) is 28.3 Å². The van der Waals surface area contributed by atoms with Gasteiger partial charge in [-0.2, -0.15) is 0 Å². The van der Waals surface area contributed by atoms with Crippen molar-refractivity contribution >= 4 is 35.4 Å². The van der Waals surface area contributed by atoms with E-state index in [1.807, 2.05) is 0 Å². The number of hydrogen-bond donors (Lipinski definition) is 1. The molecule has 4 nitrogen and oxygen atoms in total. The van der Waals surface area contributed by atoms with E-state index in [0.29, 0.717) is 15.6 Å². The zero-order valence-corrected chi connectivity index (χ0v) is 9.00. The molecular weight excluding hydrogens is 241 g/mol. The van der Waals surface area contributed by atoms with Crippen molar-refractivity contribution in [2.75, 3.05) is 6.61 Å². The lowest BCUT2D eigenvalue weighted by Crippen LogP contribution is -2.03. The summed E-state index contributed by atoms with van der Waals surface area (Å²) in [6.07, 6.45) is 1.30. The van der Waals surface area contributed by atoms with Crippen LogP contribution in [0.5, 0.6) is 0 Å². The van der Waals surface area contributed by atoms with Gasteiger partial charge in [0, 0.05) is 15.6 Å². The van der Waals surface area contributed by atoms with E-state index in [-0.39, 0.29) is 0 Å². The maximum Gasteiger partial charge on any atom is 0.344 e. The molecule has 0 bridgehead atoms. The molecular formula is C9H7Cl2NO3. The Hall–Kier alpha value is -1.26. The minimum Gasteiger partial charge on any atom is -0.479 e. The van der Waals surface area contributed by atoms with Gasteiger partial charge < -0.3 is 9.94 Å². The largest absolute Gasteiger partial charge is 0.479 e. The van der Waals surface area contributed by atoms with Crippen LogP contribution in [0.2, 0.25) is 10.0 Å². The van der Waals surface area contributed by atoms with Crippen molar-refractivity contribution in [3.8, 4) is 0 Å². The number of nitrogens with zero attached hydrogens (tertiary/aromatic N) is 1. The monoisotopic (exact) mass is 247 g/mol. The number of oxime groups is 1. The van der Waals surface area contributed by atoms with Gasteiger partial charge in [-0.05, 0) is 18.2 Å². The minimum absolute atomic E-state index is 0.460. The Morgan fingerprint density at radius 1 is 1.53 bits per heavy atom. The fourth-order valence-electron chi connectivity index (χ4n) is 0.800. The Balaban J connectivity index is 2.63. The van der Waals surface area contributed by atoms with Crippen molar-refractivity contribution in [1.29, 1.82) is 0 Å². The molecule has 15 heavy (non-hydrogen) atoms. The molecule has 0 amide bonds. The van der Waals surface area contributed by atoms with Crippen molar-refractivity contribution in [3.05, 3.63) is 33.8 Å². The van der Waals surface area contributed by atoms with Gasteiger partial charge in [-0.3, -0.25) is 0 Å². The zero-order chi connectivity index (χ0) is 11.3. The van der Waals surface area contributed by atoms with Gasteiger partial charge in [0.2, 0.25) is 6.61 Å². The molecule has 0 saturated carbocycles. The van der Waals surface area contributed by atoms with Crippen LogP contribution in [0.3, 0.4) is 0 Å². The van der Waals surface area contributed by atoms with Gasteiger partial charge in [0.1, 0.15) is 0 Å². The van der Waals surface area contributed by atoms with Crippen LogP contribution >= 0.6 is 23.2 Å². The smallest absolute Gasteiger partial charge is 0.344 e. The first-order valence-corrected chi connectivity index (χ1v) is 4.67. The van der Waals surface area contributed by atoms with Crippen molar-refractivity contribution in [2.24, 2.45) is 5.16 Å². The van der Waals surface area contributed by atoms with E-state index in [1.54, 1.807) is 18.2 Å². The Bertz CT molecular complexity index is 393. The molecule has 0 aliphatic heterocycles. The molecule has 0 saturated heterocycles. The molecule has 6 heteroatoms. The Morgan fingerprint density at radius 3 is 2.93 bits per heavy atom. The lowest BCUT2D eigenvalue weighted by atomic mass is 10.2. The number of carbonyl (C=O) groups is 1. The molecule has 0 atom stereocenters. The van der Waals surface area contributed by atoms with Gasteiger partial charge in [-0.1, -0.05) is 28.4 Å². The van der Waals surface area contributed by atoms with Crippen LogP contribution in [0.25, 0.3) is 0 Å². The number of aliphatic carboxylic acids is 1. The molecule has 80 valence electrons. The highest BCUT2D eigenvalue weighted by Gasteiger charge is 1.99. The molecule has 0 heterocycles. The topological polar surface area (TPSA) is 58.9 Å². The van der Waals surface area contributed by atoms with E-state index in [0.717, 1.165) is 0 Å². The van der Waals surface area contributed by atoms with Gasteiger partial charge in [-0.25, -0.2) is 4.79 Å². The predicted molar refractivity (Wildman–Crippen MR) is 57.6 cm³/mol. The van der Waals surface area contributed by atoms with Gasteiger partial charge in [0.15, 0.2) is 0 Å². The standard InChI is InChI=1S/C9H7Cl2NO3/c10-7-1-2-8(11)6(3-7)4-12-15-5-9(13)14/h1-4H,5H2,(H,13,14). The van der Waals surface area contributed by atoms with Crippen LogP contribution in [0, 0.1) is 0 Å². The Labute approximate surface area is 96.1 Å². The highest BCUT2D eigenvalue weighted by atomic mass is 35.5. The highest BCUT2D eigenvalue weighted by Crippen LogP contribution is 2.18. The second-order valence-corrected chi connectivity index (χ2v) is 3.41. The van der Waals surface area contributed by atoms with Crippen LogP contribution in [-0.2, 0) is 9.63 Å². The summed E-state index contributed by atoms with van der Waals surface area (Å²) in [6, 6.07) is 4.85. The lowest BCUT2D eigenvalue weighted by molar-refractivity contribution is -0.142. The van der Waals surface area contributed by atoms with E-state index < -0.39 is 12.6 Å². The summed E-state index contributed by atoms with van der Waals surface area (Å²) in [4.78, 5) is 14.5.